The van der Waals surface area contributed by atoms with E-state index in [9.17, 15) is 0 Å². The zero-order chi connectivity index (χ0) is 15.0. The summed E-state index contributed by atoms with van der Waals surface area (Å²) in [6, 6.07) is 4.33. The van der Waals surface area contributed by atoms with Crippen LogP contribution in [0.5, 0.6) is 0 Å². The van der Waals surface area contributed by atoms with E-state index in [-0.39, 0.29) is 0 Å². The van der Waals surface area contributed by atoms with Crippen molar-refractivity contribution < 1.29 is 0 Å². The van der Waals surface area contributed by atoms with E-state index in [1.54, 1.807) is 11.3 Å². The average molecular weight is 303 g/mol. The van der Waals surface area contributed by atoms with Crippen LogP contribution in [0.3, 0.4) is 0 Å². The van der Waals surface area contributed by atoms with Gasteiger partial charge in [-0.25, -0.2) is 4.98 Å². The second-order valence-corrected chi connectivity index (χ2v) is 8.06. The van der Waals surface area contributed by atoms with Crippen LogP contribution in [0, 0.1) is 11.3 Å². The molecule has 1 unspecified atom stereocenters. The standard InChI is InChI=1S/C17H25N3S/c1-17(2,3)12-5-4-9-20(10-8-12)13-6-7-14-16(15(13)18)19-11-21-14/h6-7,11-12H,4-5,8-10,18H2,1-3H3. The van der Waals surface area contributed by atoms with Crippen molar-refractivity contribution in [1.29, 1.82) is 0 Å². The van der Waals surface area contributed by atoms with Crippen molar-refractivity contribution in [2.75, 3.05) is 23.7 Å². The minimum Gasteiger partial charge on any atom is -0.395 e. The van der Waals surface area contributed by atoms with Crippen LogP contribution >= 0.6 is 11.3 Å². The predicted molar refractivity (Wildman–Crippen MR) is 93.0 cm³/mol. The fourth-order valence-corrected chi connectivity index (χ4v) is 4.11. The Morgan fingerprint density at radius 2 is 2.05 bits per heavy atom. The van der Waals surface area contributed by atoms with Gasteiger partial charge in [-0.15, -0.1) is 11.3 Å². The van der Waals surface area contributed by atoms with Crippen LogP contribution < -0.4 is 10.6 Å². The first-order chi connectivity index (χ1) is 9.97. The van der Waals surface area contributed by atoms with Crippen LogP contribution in [0.1, 0.15) is 40.0 Å². The van der Waals surface area contributed by atoms with Gasteiger partial charge in [0.15, 0.2) is 0 Å². The molecular formula is C17H25N3S. The number of nitrogens with two attached hydrogens (primary N) is 1. The van der Waals surface area contributed by atoms with Gasteiger partial charge in [0.25, 0.3) is 0 Å². The third-order valence-corrected chi connectivity index (χ3v) is 5.61. The molecular weight excluding hydrogens is 278 g/mol. The van der Waals surface area contributed by atoms with E-state index in [0.717, 1.165) is 30.2 Å². The molecule has 1 aromatic heterocycles. The molecule has 2 N–H and O–H groups in total. The maximum atomic E-state index is 6.37. The van der Waals surface area contributed by atoms with Gasteiger partial charge in [-0.2, -0.15) is 0 Å². The first-order valence-electron chi connectivity index (χ1n) is 7.83. The van der Waals surface area contributed by atoms with E-state index in [2.05, 4.69) is 42.8 Å². The summed E-state index contributed by atoms with van der Waals surface area (Å²) < 4.78 is 1.18. The highest BCUT2D eigenvalue weighted by Gasteiger charge is 2.27. The van der Waals surface area contributed by atoms with E-state index >= 15 is 0 Å². The van der Waals surface area contributed by atoms with Crippen molar-refractivity contribution in [3.05, 3.63) is 17.6 Å². The van der Waals surface area contributed by atoms with Gasteiger partial charge in [0.1, 0.15) is 5.52 Å². The summed E-state index contributed by atoms with van der Waals surface area (Å²) in [5.74, 6) is 0.798. The quantitative estimate of drug-likeness (QED) is 0.787. The topological polar surface area (TPSA) is 42.2 Å². The summed E-state index contributed by atoms with van der Waals surface area (Å²) in [7, 11) is 0. The molecule has 3 rings (SSSR count). The minimum absolute atomic E-state index is 0.403. The molecule has 0 aliphatic carbocycles. The molecule has 2 aromatic rings. The Kier molecular flexibility index (Phi) is 3.82. The molecule has 21 heavy (non-hydrogen) atoms. The molecule has 1 atom stereocenters. The van der Waals surface area contributed by atoms with Gasteiger partial charge in [-0.3, -0.25) is 0 Å². The number of fused-ring (bicyclic) bond motifs is 1. The maximum absolute atomic E-state index is 6.37. The smallest absolute Gasteiger partial charge is 0.106 e. The molecule has 2 heterocycles. The Morgan fingerprint density at radius 1 is 1.24 bits per heavy atom. The summed E-state index contributed by atoms with van der Waals surface area (Å²) >= 11 is 1.66. The molecule has 1 saturated heterocycles. The van der Waals surface area contributed by atoms with Crippen molar-refractivity contribution >= 4 is 32.9 Å². The van der Waals surface area contributed by atoms with Gasteiger partial charge in [0.05, 0.1) is 21.6 Å². The highest BCUT2D eigenvalue weighted by atomic mass is 32.1. The van der Waals surface area contributed by atoms with E-state index < -0.39 is 0 Å². The number of nitrogen functional groups attached to an aromatic ring is 1. The molecule has 3 nitrogen and oxygen atoms in total. The van der Waals surface area contributed by atoms with Crippen molar-refractivity contribution in [3.63, 3.8) is 0 Å². The third kappa shape index (κ3) is 2.86. The van der Waals surface area contributed by atoms with E-state index in [0.29, 0.717) is 5.41 Å². The molecule has 1 aliphatic rings. The van der Waals surface area contributed by atoms with Gasteiger partial charge < -0.3 is 10.6 Å². The third-order valence-electron chi connectivity index (χ3n) is 4.81. The fourth-order valence-electron chi connectivity index (χ4n) is 3.42. The predicted octanol–water partition coefficient (Wildman–Crippen LogP) is 4.53. The SMILES string of the molecule is CC(C)(C)C1CCCN(c2ccc3scnc3c2N)CC1. The van der Waals surface area contributed by atoms with Crippen molar-refractivity contribution in [1.82, 2.24) is 4.98 Å². The lowest BCUT2D eigenvalue weighted by molar-refractivity contribution is 0.220. The molecule has 0 radical (unpaired) electrons. The molecule has 0 amide bonds. The van der Waals surface area contributed by atoms with Crippen LogP contribution in [-0.4, -0.2) is 18.1 Å². The number of thiazole rings is 1. The first kappa shape index (κ1) is 14.6. The lowest BCUT2D eigenvalue weighted by Crippen LogP contribution is -2.26. The molecule has 0 spiro atoms. The second-order valence-electron chi connectivity index (χ2n) is 7.18. The number of nitrogens with zero attached hydrogens (tertiary/aromatic N) is 2. The number of hydrogen-bond donors (Lipinski definition) is 1. The molecule has 1 fully saturated rings. The number of anilines is 2. The lowest BCUT2D eigenvalue weighted by Gasteiger charge is -2.30. The Labute approximate surface area is 131 Å². The Morgan fingerprint density at radius 3 is 2.81 bits per heavy atom. The average Bonchev–Trinajstić information content (AvgIpc) is 2.75. The van der Waals surface area contributed by atoms with Crippen LogP contribution in [0.4, 0.5) is 11.4 Å². The maximum Gasteiger partial charge on any atom is 0.106 e. The summed E-state index contributed by atoms with van der Waals surface area (Å²) in [5, 5.41) is 0. The molecule has 1 aliphatic heterocycles. The molecule has 0 bridgehead atoms. The zero-order valence-corrected chi connectivity index (χ0v) is 14.0. The van der Waals surface area contributed by atoms with Gasteiger partial charge in [0, 0.05) is 13.1 Å². The Bertz CT molecular complexity index is 626. The number of benzene rings is 1. The number of hydrogen-bond acceptors (Lipinski definition) is 4. The number of aromatic nitrogens is 1. The van der Waals surface area contributed by atoms with Gasteiger partial charge >= 0.3 is 0 Å². The van der Waals surface area contributed by atoms with Gasteiger partial charge in [-0.05, 0) is 42.7 Å². The fraction of sp³-hybridized carbons (Fsp3) is 0.588. The van der Waals surface area contributed by atoms with Gasteiger partial charge in [0.2, 0.25) is 0 Å². The Hall–Kier alpha value is -1.29. The Balaban J connectivity index is 1.84. The zero-order valence-electron chi connectivity index (χ0n) is 13.2. The highest BCUT2D eigenvalue weighted by molar-refractivity contribution is 7.16. The van der Waals surface area contributed by atoms with Crippen LogP contribution in [-0.2, 0) is 0 Å². The molecule has 0 saturated carbocycles. The minimum atomic E-state index is 0.403. The summed E-state index contributed by atoms with van der Waals surface area (Å²) in [6.45, 7) is 9.29. The van der Waals surface area contributed by atoms with Crippen LogP contribution in [0.15, 0.2) is 17.6 Å². The molecule has 4 heteroatoms. The molecule has 114 valence electrons. The summed E-state index contributed by atoms with van der Waals surface area (Å²) in [5.41, 5.74) is 11.6. The van der Waals surface area contributed by atoms with Crippen molar-refractivity contribution in [2.24, 2.45) is 11.3 Å². The first-order valence-corrected chi connectivity index (χ1v) is 8.71. The van der Waals surface area contributed by atoms with Crippen molar-refractivity contribution in [3.8, 4) is 0 Å². The van der Waals surface area contributed by atoms with Crippen LogP contribution in [0.2, 0.25) is 0 Å². The summed E-state index contributed by atoms with van der Waals surface area (Å²) in [6.07, 6.45) is 3.81. The normalized spacial score (nSPS) is 20.7. The van der Waals surface area contributed by atoms with E-state index in [1.807, 2.05) is 5.51 Å². The van der Waals surface area contributed by atoms with Crippen molar-refractivity contribution in [2.45, 2.75) is 40.0 Å². The van der Waals surface area contributed by atoms with Gasteiger partial charge in [-0.1, -0.05) is 20.8 Å². The lowest BCUT2D eigenvalue weighted by atomic mass is 9.77. The van der Waals surface area contributed by atoms with E-state index in [1.165, 1.54) is 29.6 Å². The number of rotatable bonds is 1. The van der Waals surface area contributed by atoms with Crippen LogP contribution in [0.25, 0.3) is 10.2 Å². The molecule has 1 aromatic carbocycles. The summed E-state index contributed by atoms with van der Waals surface area (Å²) in [4.78, 5) is 6.88. The largest absolute Gasteiger partial charge is 0.395 e. The second kappa shape index (κ2) is 5.48. The van der Waals surface area contributed by atoms with E-state index in [4.69, 9.17) is 5.73 Å². The monoisotopic (exact) mass is 303 g/mol. The highest BCUT2D eigenvalue weighted by Crippen LogP contribution is 2.37.